The lowest BCUT2D eigenvalue weighted by Gasteiger charge is -2.25. The van der Waals surface area contributed by atoms with Gasteiger partial charge in [-0.05, 0) is 50.9 Å². The predicted octanol–water partition coefficient (Wildman–Crippen LogP) is 5.48. The maximum atomic E-state index is 14.2. The topological polar surface area (TPSA) is 56.5 Å². The molecule has 2 aromatic heterocycles. The second-order valence-corrected chi connectivity index (χ2v) is 7.36. The summed E-state index contributed by atoms with van der Waals surface area (Å²) < 4.78 is 21.6. The van der Waals surface area contributed by atoms with Gasteiger partial charge in [0.25, 0.3) is 5.56 Å². The standard InChI is InChI=1S/C24H19ClFN3O2/c1-4-6-21-23(27-3)18-11-17(16-7-5-8-19(26)22(16)25)24(30)29(20(18)13-31-21)15-10-9-14(2)28-12-15/h4-12H,3,13H2,1-2H3/b6-4-. The van der Waals surface area contributed by atoms with Gasteiger partial charge in [0.2, 0.25) is 0 Å². The predicted molar refractivity (Wildman–Crippen MR) is 121 cm³/mol. The van der Waals surface area contributed by atoms with Crippen LogP contribution in [0.4, 0.5) is 4.39 Å². The Morgan fingerprint density at radius 3 is 2.74 bits per heavy atom. The monoisotopic (exact) mass is 435 g/mol. The molecule has 0 amide bonds. The molecule has 7 heteroatoms. The number of hydrogen-bond acceptors (Lipinski definition) is 4. The van der Waals surface area contributed by atoms with Gasteiger partial charge in [0.15, 0.2) is 0 Å². The summed E-state index contributed by atoms with van der Waals surface area (Å²) in [6, 6.07) is 9.67. The number of nitrogens with zero attached hydrogens (tertiary/aromatic N) is 3. The van der Waals surface area contributed by atoms with E-state index in [1.165, 1.54) is 16.7 Å². The van der Waals surface area contributed by atoms with Crippen LogP contribution in [0.1, 0.15) is 23.9 Å². The normalized spacial score (nSPS) is 13.3. The smallest absolute Gasteiger partial charge is 0.263 e. The van der Waals surface area contributed by atoms with E-state index in [4.69, 9.17) is 16.3 Å². The van der Waals surface area contributed by atoms with E-state index in [0.29, 0.717) is 34.0 Å². The first-order valence-electron chi connectivity index (χ1n) is 9.59. The summed E-state index contributed by atoms with van der Waals surface area (Å²) in [7, 11) is 0. The van der Waals surface area contributed by atoms with Gasteiger partial charge >= 0.3 is 0 Å². The van der Waals surface area contributed by atoms with Crippen molar-refractivity contribution >= 4 is 24.0 Å². The third-order valence-electron chi connectivity index (χ3n) is 5.03. The van der Waals surface area contributed by atoms with Crippen LogP contribution < -0.4 is 5.56 Å². The zero-order valence-electron chi connectivity index (χ0n) is 17.0. The first-order chi connectivity index (χ1) is 15.0. The number of hydrogen-bond donors (Lipinski definition) is 0. The Hall–Kier alpha value is -3.51. The van der Waals surface area contributed by atoms with Crippen LogP contribution in [-0.4, -0.2) is 16.3 Å². The largest absolute Gasteiger partial charge is 0.485 e. The molecule has 0 atom stereocenters. The van der Waals surface area contributed by atoms with Crippen LogP contribution in [0, 0.1) is 12.7 Å². The highest BCUT2D eigenvalue weighted by Gasteiger charge is 2.26. The number of ether oxygens (including phenoxy) is 1. The summed E-state index contributed by atoms with van der Waals surface area (Å²) in [6.45, 7) is 7.55. The fraction of sp³-hybridized carbons (Fsp3) is 0.125. The second-order valence-electron chi connectivity index (χ2n) is 6.98. The molecule has 1 aliphatic rings. The fourth-order valence-corrected chi connectivity index (χ4v) is 3.79. The van der Waals surface area contributed by atoms with Gasteiger partial charge in [0.1, 0.15) is 23.9 Å². The van der Waals surface area contributed by atoms with Crippen molar-refractivity contribution in [2.45, 2.75) is 20.5 Å². The van der Waals surface area contributed by atoms with Crippen molar-refractivity contribution in [3.05, 3.63) is 98.7 Å². The van der Waals surface area contributed by atoms with Crippen LogP contribution in [0.3, 0.4) is 0 Å². The van der Waals surface area contributed by atoms with E-state index in [9.17, 15) is 9.18 Å². The van der Waals surface area contributed by atoms with E-state index in [2.05, 4.69) is 16.7 Å². The Balaban J connectivity index is 2.12. The Bertz CT molecular complexity index is 1310. The van der Waals surface area contributed by atoms with Crippen molar-refractivity contribution in [2.75, 3.05) is 0 Å². The molecule has 0 saturated heterocycles. The molecule has 1 aliphatic heterocycles. The van der Waals surface area contributed by atoms with Gasteiger partial charge in [-0.15, -0.1) is 0 Å². The Labute approximate surface area is 183 Å². The first-order valence-corrected chi connectivity index (χ1v) is 9.97. The molecule has 31 heavy (non-hydrogen) atoms. The lowest BCUT2D eigenvalue weighted by molar-refractivity contribution is 0.200. The van der Waals surface area contributed by atoms with Crippen LogP contribution in [0.5, 0.6) is 0 Å². The number of pyridine rings is 2. The van der Waals surface area contributed by atoms with Gasteiger partial charge in [-0.25, -0.2) is 4.39 Å². The first kappa shape index (κ1) is 20.8. The molecule has 0 N–H and O–H groups in total. The molecule has 156 valence electrons. The van der Waals surface area contributed by atoms with E-state index < -0.39 is 5.82 Å². The second kappa shape index (κ2) is 8.32. The Morgan fingerprint density at radius 1 is 1.26 bits per heavy atom. The average molecular weight is 436 g/mol. The van der Waals surface area contributed by atoms with Gasteiger partial charge < -0.3 is 4.74 Å². The summed E-state index contributed by atoms with van der Waals surface area (Å²) in [5, 5.41) is -0.119. The van der Waals surface area contributed by atoms with Gasteiger partial charge in [-0.2, -0.15) is 0 Å². The summed E-state index contributed by atoms with van der Waals surface area (Å²) >= 11 is 6.23. The molecule has 3 aromatic rings. The molecular formula is C24H19ClFN3O2. The van der Waals surface area contributed by atoms with Gasteiger partial charge in [0, 0.05) is 22.4 Å². The molecule has 0 radical (unpaired) electrons. The van der Waals surface area contributed by atoms with Crippen molar-refractivity contribution < 1.29 is 9.13 Å². The molecule has 4 rings (SSSR count). The molecule has 0 fully saturated rings. The van der Waals surface area contributed by atoms with Crippen molar-refractivity contribution in [3.8, 4) is 16.8 Å². The SMILES string of the molecule is C=NC1=C(/C=C\C)OCc2c1cc(-c1cccc(F)c1Cl)c(=O)n2-c1ccc(C)nc1. The summed E-state index contributed by atoms with van der Waals surface area (Å²) in [5.41, 5.74) is 3.29. The van der Waals surface area contributed by atoms with Crippen LogP contribution in [-0.2, 0) is 11.3 Å². The minimum atomic E-state index is -0.601. The van der Waals surface area contributed by atoms with Crippen LogP contribution in [0.2, 0.25) is 5.02 Å². The zero-order chi connectivity index (χ0) is 22.1. The minimum absolute atomic E-state index is 0.119. The quantitative estimate of drug-likeness (QED) is 0.510. The minimum Gasteiger partial charge on any atom is -0.485 e. The van der Waals surface area contributed by atoms with E-state index in [1.807, 2.05) is 26.0 Å². The van der Waals surface area contributed by atoms with Crippen LogP contribution >= 0.6 is 11.6 Å². The highest BCUT2D eigenvalue weighted by atomic mass is 35.5. The third kappa shape index (κ3) is 3.59. The zero-order valence-corrected chi connectivity index (χ0v) is 17.8. The lowest BCUT2D eigenvalue weighted by Crippen LogP contribution is -2.27. The number of rotatable bonds is 4. The summed E-state index contributed by atoms with van der Waals surface area (Å²) in [4.78, 5) is 22.1. The summed E-state index contributed by atoms with van der Waals surface area (Å²) in [6.07, 6.45) is 5.22. The molecule has 1 aromatic carbocycles. The number of halogens is 2. The van der Waals surface area contributed by atoms with E-state index in [1.54, 1.807) is 30.5 Å². The molecule has 5 nitrogen and oxygen atoms in total. The van der Waals surface area contributed by atoms with Crippen molar-refractivity contribution in [1.82, 2.24) is 9.55 Å². The molecule has 0 spiro atoms. The number of aliphatic imine (C=N–C) groups is 1. The number of benzene rings is 1. The molecule has 0 bridgehead atoms. The van der Waals surface area contributed by atoms with Crippen LogP contribution in [0.15, 0.2) is 70.3 Å². The molecule has 0 aliphatic carbocycles. The van der Waals surface area contributed by atoms with Crippen molar-refractivity contribution in [2.24, 2.45) is 4.99 Å². The number of fused-ring (bicyclic) bond motifs is 1. The molecular weight excluding hydrogens is 417 g/mol. The Kier molecular flexibility index (Phi) is 5.57. The highest BCUT2D eigenvalue weighted by molar-refractivity contribution is 6.33. The molecule has 0 saturated carbocycles. The average Bonchev–Trinajstić information content (AvgIpc) is 2.76. The van der Waals surface area contributed by atoms with Gasteiger partial charge in [-0.1, -0.05) is 29.8 Å². The number of allylic oxidation sites excluding steroid dienone is 2. The van der Waals surface area contributed by atoms with Crippen LogP contribution in [0.25, 0.3) is 22.5 Å². The van der Waals surface area contributed by atoms with Gasteiger partial charge in [0.05, 0.1) is 22.6 Å². The highest BCUT2D eigenvalue weighted by Crippen LogP contribution is 2.36. The van der Waals surface area contributed by atoms with E-state index in [0.717, 1.165) is 5.69 Å². The fourth-order valence-electron chi connectivity index (χ4n) is 3.56. The summed E-state index contributed by atoms with van der Waals surface area (Å²) in [5.74, 6) is -0.0658. The van der Waals surface area contributed by atoms with Gasteiger partial charge in [-0.3, -0.25) is 19.3 Å². The maximum absolute atomic E-state index is 14.2. The van der Waals surface area contributed by atoms with Crippen molar-refractivity contribution in [1.29, 1.82) is 0 Å². The number of aromatic nitrogens is 2. The van der Waals surface area contributed by atoms with Crippen molar-refractivity contribution in [3.63, 3.8) is 0 Å². The van der Waals surface area contributed by atoms with E-state index >= 15 is 0 Å². The molecule has 0 unspecified atom stereocenters. The maximum Gasteiger partial charge on any atom is 0.263 e. The third-order valence-corrected chi connectivity index (χ3v) is 5.41. The molecule has 3 heterocycles. The lowest BCUT2D eigenvalue weighted by atomic mass is 9.99. The Morgan fingerprint density at radius 2 is 2.06 bits per heavy atom. The van der Waals surface area contributed by atoms with E-state index in [-0.39, 0.29) is 22.8 Å². The number of aryl methyl sites for hydroxylation is 1.